The van der Waals surface area contributed by atoms with E-state index in [1.54, 1.807) is 56.3 Å². The molecule has 1 saturated heterocycles. The van der Waals surface area contributed by atoms with Crippen molar-refractivity contribution >= 4 is 40.6 Å². The van der Waals surface area contributed by atoms with Crippen molar-refractivity contribution in [1.82, 2.24) is 4.90 Å². The Morgan fingerprint density at radius 3 is 2.59 bits per heavy atom. The van der Waals surface area contributed by atoms with Crippen molar-refractivity contribution in [1.29, 1.82) is 0 Å². The molecule has 1 fully saturated rings. The summed E-state index contributed by atoms with van der Waals surface area (Å²) in [5.41, 5.74) is 1.10. The molecule has 0 unspecified atom stereocenters. The monoisotopic (exact) mass is 405 g/mol. The number of ether oxygens (including phenoxy) is 1. The lowest BCUT2D eigenvalue weighted by atomic mass is 10.2. The molecule has 4 nitrogen and oxygen atoms in total. The Labute approximate surface area is 166 Å². The van der Waals surface area contributed by atoms with Gasteiger partial charge in [0.25, 0.3) is 11.1 Å². The number of amides is 2. The van der Waals surface area contributed by atoms with Gasteiger partial charge in [-0.15, -0.1) is 0 Å². The minimum absolute atomic E-state index is 0.0546. The Balaban J connectivity index is 1.74. The standard InChI is InChI=1S/C20H17ClFNO3S/c1-12(2)23-19(24)18(27-20(23)25)10-13-7-8-17(15(21)9-13)26-11-14-5-3-4-6-16(14)22/h3-10,12H,11H2,1-2H3/b18-10-. The van der Waals surface area contributed by atoms with Crippen molar-refractivity contribution in [3.63, 3.8) is 0 Å². The Morgan fingerprint density at radius 2 is 1.96 bits per heavy atom. The number of imide groups is 1. The van der Waals surface area contributed by atoms with E-state index in [4.69, 9.17) is 16.3 Å². The molecule has 7 heteroatoms. The van der Waals surface area contributed by atoms with Crippen LogP contribution in [-0.2, 0) is 11.4 Å². The molecule has 1 aliphatic heterocycles. The van der Waals surface area contributed by atoms with E-state index in [2.05, 4.69) is 0 Å². The summed E-state index contributed by atoms with van der Waals surface area (Å²) in [6.45, 7) is 3.63. The van der Waals surface area contributed by atoms with Gasteiger partial charge in [-0.25, -0.2) is 4.39 Å². The van der Waals surface area contributed by atoms with Crippen LogP contribution in [0.2, 0.25) is 5.02 Å². The van der Waals surface area contributed by atoms with Crippen LogP contribution in [0.3, 0.4) is 0 Å². The van der Waals surface area contributed by atoms with Crippen molar-refractivity contribution in [2.45, 2.75) is 26.5 Å². The fourth-order valence-corrected chi connectivity index (χ4v) is 3.78. The Bertz CT molecular complexity index is 929. The normalized spacial score (nSPS) is 15.9. The molecule has 27 heavy (non-hydrogen) atoms. The molecule has 2 aromatic rings. The topological polar surface area (TPSA) is 46.6 Å². The lowest BCUT2D eigenvalue weighted by molar-refractivity contribution is -0.123. The second kappa shape index (κ2) is 8.15. The van der Waals surface area contributed by atoms with Crippen LogP contribution in [-0.4, -0.2) is 22.1 Å². The summed E-state index contributed by atoms with van der Waals surface area (Å²) in [5, 5.41) is 0.0559. The molecule has 140 valence electrons. The zero-order valence-electron chi connectivity index (χ0n) is 14.7. The number of carbonyl (C=O) groups is 2. The third-order valence-electron chi connectivity index (χ3n) is 3.93. The predicted molar refractivity (Wildman–Crippen MR) is 105 cm³/mol. The molecular formula is C20H17ClFNO3S. The van der Waals surface area contributed by atoms with Gasteiger partial charge < -0.3 is 4.74 Å². The van der Waals surface area contributed by atoms with Gasteiger partial charge in [0, 0.05) is 11.6 Å². The number of hydrogen-bond donors (Lipinski definition) is 0. The van der Waals surface area contributed by atoms with Crippen LogP contribution in [0, 0.1) is 5.82 Å². The molecule has 2 aromatic carbocycles. The average molecular weight is 406 g/mol. The van der Waals surface area contributed by atoms with Crippen LogP contribution in [0.15, 0.2) is 47.4 Å². The Kier molecular flexibility index (Phi) is 5.87. The molecule has 0 radical (unpaired) electrons. The first kappa shape index (κ1) is 19.5. The lowest BCUT2D eigenvalue weighted by Crippen LogP contribution is -2.34. The minimum atomic E-state index is -0.342. The smallest absolute Gasteiger partial charge is 0.293 e. The van der Waals surface area contributed by atoms with Gasteiger partial charge in [0.2, 0.25) is 0 Å². The van der Waals surface area contributed by atoms with E-state index in [1.807, 2.05) is 0 Å². The third kappa shape index (κ3) is 4.34. The van der Waals surface area contributed by atoms with Gasteiger partial charge in [-0.05, 0) is 55.4 Å². The molecule has 0 atom stereocenters. The highest BCUT2D eigenvalue weighted by Crippen LogP contribution is 2.34. The lowest BCUT2D eigenvalue weighted by Gasteiger charge is -2.16. The van der Waals surface area contributed by atoms with Crippen molar-refractivity contribution in [2.24, 2.45) is 0 Å². The fourth-order valence-electron chi connectivity index (χ4n) is 2.57. The number of rotatable bonds is 5. The quantitative estimate of drug-likeness (QED) is 0.616. The molecule has 0 saturated carbocycles. The highest BCUT2D eigenvalue weighted by atomic mass is 35.5. The van der Waals surface area contributed by atoms with Crippen LogP contribution in [0.1, 0.15) is 25.0 Å². The van der Waals surface area contributed by atoms with Gasteiger partial charge in [0.05, 0.1) is 9.93 Å². The van der Waals surface area contributed by atoms with Crippen molar-refractivity contribution in [3.05, 3.63) is 69.3 Å². The maximum absolute atomic E-state index is 13.7. The van der Waals surface area contributed by atoms with Crippen molar-refractivity contribution in [3.8, 4) is 5.75 Å². The summed E-state index contributed by atoms with van der Waals surface area (Å²) in [6.07, 6.45) is 1.62. The van der Waals surface area contributed by atoms with E-state index in [0.29, 0.717) is 26.8 Å². The second-order valence-corrected chi connectivity index (χ2v) is 7.62. The number of halogens is 2. The number of thioether (sulfide) groups is 1. The number of carbonyl (C=O) groups excluding carboxylic acids is 2. The Morgan fingerprint density at radius 1 is 1.22 bits per heavy atom. The third-order valence-corrected chi connectivity index (χ3v) is 5.11. The van der Waals surface area contributed by atoms with E-state index in [1.165, 1.54) is 11.0 Å². The van der Waals surface area contributed by atoms with E-state index in [9.17, 15) is 14.0 Å². The molecule has 2 amide bonds. The molecule has 1 heterocycles. The van der Waals surface area contributed by atoms with Crippen LogP contribution < -0.4 is 4.74 Å². The molecule has 0 N–H and O–H groups in total. The van der Waals surface area contributed by atoms with E-state index in [0.717, 1.165) is 11.8 Å². The predicted octanol–water partition coefficient (Wildman–Crippen LogP) is 5.50. The van der Waals surface area contributed by atoms with Crippen LogP contribution >= 0.6 is 23.4 Å². The molecule has 1 aliphatic rings. The number of hydrogen-bond acceptors (Lipinski definition) is 4. The van der Waals surface area contributed by atoms with Crippen molar-refractivity contribution < 1.29 is 18.7 Å². The molecule has 0 spiro atoms. The zero-order chi connectivity index (χ0) is 19.6. The van der Waals surface area contributed by atoms with Gasteiger partial charge in [-0.3, -0.25) is 14.5 Å². The number of benzene rings is 2. The van der Waals surface area contributed by atoms with E-state index >= 15 is 0 Å². The minimum Gasteiger partial charge on any atom is -0.487 e. The van der Waals surface area contributed by atoms with Crippen LogP contribution in [0.5, 0.6) is 5.75 Å². The Hall–Kier alpha value is -2.31. The summed E-state index contributed by atoms with van der Waals surface area (Å²) >= 11 is 7.15. The maximum Gasteiger partial charge on any atom is 0.293 e. The largest absolute Gasteiger partial charge is 0.487 e. The summed E-state index contributed by atoms with van der Waals surface area (Å²) in [5.74, 6) is -0.241. The molecule has 0 aromatic heterocycles. The fraction of sp³-hybridized carbons (Fsp3) is 0.200. The summed E-state index contributed by atoms with van der Waals surface area (Å²) in [6, 6.07) is 11.2. The average Bonchev–Trinajstić information content (AvgIpc) is 2.89. The highest BCUT2D eigenvalue weighted by molar-refractivity contribution is 8.18. The zero-order valence-corrected chi connectivity index (χ0v) is 16.3. The van der Waals surface area contributed by atoms with Gasteiger partial charge in [-0.1, -0.05) is 35.9 Å². The van der Waals surface area contributed by atoms with Crippen molar-refractivity contribution in [2.75, 3.05) is 0 Å². The first-order chi connectivity index (χ1) is 12.9. The number of nitrogens with zero attached hydrogens (tertiary/aromatic N) is 1. The van der Waals surface area contributed by atoms with Crippen LogP contribution in [0.4, 0.5) is 9.18 Å². The summed E-state index contributed by atoms with van der Waals surface area (Å²) in [4.78, 5) is 25.9. The van der Waals surface area contributed by atoms with E-state index in [-0.39, 0.29) is 29.6 Å². The van der Waals surface area contributed by atoms with Gasteiger partial charge in [-0.2, -0.15) is 0 Å². The molecular weight excluding hydrogens is 389 g/mol. The van der Waals surface area contributed by atoms with E-state index < -0.39 is 0 Å². The molecule has 0 bridgehead atoms. The van der Waals surface area contributed by atoms with Gasteiger partial charge in [0.1, 0.15) is 18.2 Å². The highest BCUT2D eigenvalue weighted by Gasteiger charge is 2.36. The maximum atomic E-state index is 13.7. The first-order valence-corrected chi connectivity index (χ1v) is 9.49. The molecule has 0 aliphatic carbocycles. The van der Waals surface area contributed by atoms with Crippen LogP contribution in [0.25, 0.3) is 6.08 Å². The summed E-state index contributed by atoms with van der Waals surface area (Å²) < 4.78 is 19.2. The molecule has 3 rings (SSSR count). The van der Waals surface area contributed by atoms with Gasteiger partial charge >= 0.3 is 0 Å². The SMILES string of the molecule is CC(C)N1C(=O)S/C(=C\c2ccc(OCc3ccccc3F)c(Cl)c2)C1=O. The van der Waals surface area contributed by atoms with Gasteiger partial charge in [0.15, 0.2) is 0 Å². The first-order valence-electron chi connectivity index (χ1n) is 8.29. The summed E-state index contributed by atoms with van der Waals surface area (Å²) in [7, 11) is 0. The second-order valence-electron chi connectivity index (χ2n) is 6.22.